The number of aliphatic imine (C=N–C) groups is 2. The van der Waals surface area contributed by atoms with Gasteiger partial charge in [0.2, 0.25) is 0 Å². The average Bonchev–Trinajstić information content (AvgIpc) is 3.31. The minimum Gasteiger partial charge on any atom is -0.264 e. The maximum atomic E-state index is 5.45. The van der Waals surface area contributed by atoms with Crippen molar-refractivity contribution in [2.75, 3.05) is 0 Å². The Kier molecular flexibility index (Phi) is 10.4. The minimum absolute atomic E-state index is 0.117. The van der Waals surface area contributed by atoms with E-state index >= 15 is 0 Å². The highest BCUT2D eigenvalue weighted by atomic mass is 14.9. The molecule has 0 bridgehead atoms. The Labute approximate surface area is 346 Å². The monoisotopic (exact) mass is 757 g/mol. The molecular formula is C56H43N3. The number of aromatic nitrogens is 1. The number of allylic oxidation sites excluding steroid dienone is 6. The van der Waals surface area contributed by atoms with Gasteiger partial charge in [-0.05, 0) is 109 Å². The molecule has 6 aromatic carbocycles. The second kappa shape index (κ2) is 16.5. The van der Waals surface area contributed by atoms with E-state index in [4.69, 9.17) is 4.99 Å². The third kappa shape index (κ3) is 7.20. The summed E-state index contributed by atoms with van der Waals surface area (Å²) in [7, 11) is 0. The summed E-state index contributed by atoms with van der Waals surface area (Å²) in [6.07, 6.45) is 21.8. The fourth-order valence-electron chi connectivity index (χ4n) is 8.76. The van der Waals surface area contributed by atoms with Gasteiger partial charge in [0.05, 0.1) is 5.70 Å². The van der Waals surface area contributed by atoms with Crippen LogP contribution < -0.4 is 0 Å². The molecule has 2 atom stereocenters. The molecule has 2 unspecified atom stereocenters. The summed E-state index contributed by atoms with van der Waals surface area (Å²) in [5, 5.41) is 2.29. The summed E-state index contributed by atoms with van der Waals surface area (Å²) in [5.41, 5.74) is 15.3. The van der Waals surface area contributed by atoms with Gasteiger partial charge < -0.3 is 0 Å². The summed E-state index contributed by atoms with van der Waals surface area (Å²) in [6.45, 7) is 12.7. The maximum absolute atomic E-state index is 5.45. The molecule has 282 valence electrons. The molecule has 0 amide bonds. The predicted octanol–water partition coefficient (Wildman–Crippen LogP) is 14.0. The molecule has 59 heavy (non-hydrogen) atoms. The zero-order valence-corrected chi connectivity index (χ0v) is 32.9. The first kappa shape index (κ1) is 37.1. The minimum atomic E-state index is 0.117. The standard InChI is InChI=1S/C56H43N3/c1-4-45-46(5-2)55(51-30-14-13-29-50(51)54(45)39-19-7-6-8-20-39)42-23-16-24-43(35-42)56(57-3)59-53(32-31-38-18-15-22-40(34-38)44-25-17-33-58-37-44)52-36-41-21-9-10-26-47(41)48-27-11-12-28-49(48)52/h4-30,32-37,48-49H,1-3,31H2/b53-32-,59-56?. The van der Waals surface area contributed by atoms with Crippen molar-refractivity contribution in [1.82, 2.24) is 4.98 Å². The Bertz CT molecular complexity index is 2910. The number of amidine groups is 1. The number of pyridine rings is 1. The highest BCUT2D eigenvalue weighted by Crippen LogP contribution is 2.46. The van der Waals surface area contributed by atoms with Crippen LogP contribution in [-0.2, 0) is 6.42 Å². The Morgan fingerprint density at radius 1 is 0.627 bits per heavy atom. The third-order valence-electron chi connectivity index (χ3n) is 11.5. The molecule has 9 rings (SSSR count). The van der Waals surface area contributed by atoms with Crippen LogP contribution in [0.4, 0.5) is 0 Å². The Morgan fingerprint density at radius 2 is 1.29 bits per heavy atom. The number of rotatable bonds is 10. The van der Waals surface area contributed by atoms with E-state index < -0.39 is 0 Å². The molecule has 0 aliphatic heterocycles. The van der Waals surface area contributed by atoms with E-state index in [9.17, 15) is 0 Å². The molecule has 0 radical (unpaired) electrons. The van der Waals surface area contributed by atoms with E-state index in [1.807, 2.05) is 30.5 Å². The molecule has 0 spiro atoms. The summed E-state index contributed by atoms with van der Waals surface area (Å²) < 4.78 is 0. The van der Waals surface area contributed by atoms with Crippen LogP contribution in [0.3, 0.4) is 0 Å². The lowest BCUT2D eigenvalue weighted by atomic mass is 9.72. The molecule has 1 heterocycles. The second-order valence-electron chi connectivity index (χ2n) is 14.9. The first-order valence-electron chi connectivity index (χ1n) is 20.1. The van der Waals surface area contributed by atoms with Crippen molar-refractivity contribution in [3.05, 3.63) is 240 Å². The van der Waals surface area contributed by atoms with Crippen LogP contribution >= 0.6 is 0 Å². The zero-order valence-electron chi connectivity index (χ0n) is 32.9. The lowest BCUT2D eigenvalue weighted by molar-refractivity contribution is 0.658. The normalized spacial score (nSPS) is 15.9. The lowest BCUT2D eigenvalue weighted by Crippen LogP contribution is -2.19. The molecular weight excluding hydrogens is 715 g/mol. The fraction of sp³-hybridized carbons (Fsp3) is 0.0536. The molecule has 0 fully saturated rings. The van der Waals surface area contributed by atoms with Crippen LogP contribution in [0.2, 0.25) is 0 Å². The van der Waals surface area contributed by atoms with Gasteiger partial charge in [-0.3, -0.25) is 4.98 Å². The first-order chi connectivity index (χ1) is 29.1. The van der Waals surface area contributed by atoms with Gasteiger partial charge in [-0.1, -0.05) is 183 Å². The Morgan fingerprint density at radius 3 is 2.03 bits per heavy atom. The maximum Gasteiger partial charge on any atom is 0.159 e. The summed E-state index contributed by atoms with van der Waals surface area (Å²) in [6, 6.07) is 49.0. The van der Waals surface area contributed by atoms with Gasteiger partial charge in [0.25, 0.3) is 0 Å². The highest BCUT2D eigenvalue weighted by molar-refractivity contribution is 6.12. The van der Waals surface area contributed by atoms with Crippen molar-refractivity contribution in [3.63, 3.8) is 0 Å². The van der Waals surface area contributed by atoms with E-state index in [1.165, 1.54) is 16.7 Å². The molecule has 2 aliphatic rings. The van der Waals surface area contributed by atoms with E-state index in [2.05, 4.69) is 194 Å². The van der Waals surface area contributed by atoms with E-state index in [0.717, 1.165) is 72.1 Å². The number of fused-ring (bicyclic) bond motifs is 4. The van der Waals surface area contributed by atoms with E-state index in [0.29, 0.717) is 12.3 Å². The number of hydrogen-bond acceptors (Lipinski definition) is 2. The molecule has 1 aromatic heterocycles. The van der Waals surface area contributed by atoms with Crippen molar-refractivity contribution >= 4 is 41.6 Å². The SMILES string of the molecule is C=Cc1c(C=C)c(-c2cccc(C(N=C)=N/C(=C\Cc3cccc(-c4cccnc4)c3)C3=Cc4ccccc4C4C=CC=CC34)c2)c2ccccc2c1-c1ccccc1. The summed E-state index contributed by atoms with van der Waals surface area (Å²) >= 11 is 0. The summed E-state index contributed by atoms with van der Waals surface area (Å²) in [5.74, 6) is 0.879. The average molecular weight is 758 g/mol. The van der Waals surface area contributed by atoms with Gasteiger partial charge in [-0.2, -0.15) is 0 Å². The van der Waals surface area contributed by atoms with Gasteiger partial charge >= 0.3 is 0 Å². The molecule has 3 heteroatoms. The number of nitrogens with zero attached hydrogens (tertiary/aromatic N) is 3. The lowest BCUT2D eigenvalue weighted by Gasteiger charge is -2.32. The first-order valence-corrected chi connectivity index (χ1v) is 20.1. The smallest absolute Gasteiger partial charge is 0.159 e. The molecule has 3 nitrogen and oxygen atoms in total. The molecule has 0 N–H and O–H groups in total. The van der Waals surface area contributed by atoms with E-state index in [-0.39, 0.29) is 11.8 Å². The van der Waals surface area contributed by atoms with Gasteiger partial charge in [-0.15, -0.1) is 0 Å². The Balaban J connectivity index is 1.19. The van der Waals surface area contributed by atoms with Gasteiger partial charge in [0.1, 0.15) is 0 Å². The molecule has 2 aliphatic carbocycles. The van der Waals surface area contributed by atoms with Crippen molar-refractivity contribution in [1.29, 1.82) is 0 Å². The van der Waals surface area contributed by atoms with E-state index in [1.54, 1.807) is 6.20 Å². The topological polar surface area (TPSA) is 37.6 Å². The molecule has 0 saturated heterocycles. The molecule has 0 saturated carbocycles. The van der Waals surface area contributed by atoms with Crippen molar-refractivity contribution in [2.45, 2.75) is 12.3 Å². The fourth-order valence-corrected chi connectivity index (χ4v) is 8.76. The zero-order chi connectivity index (χ0) is 40.1. The van der Waals surface area contributed by atoms with Crippen molar-refractivity contribution in [3.8, 4) is 33.4 Å². The van der Waals surface area contributed by atoms with Gasteiger partial charge in [-0.25, -0.2) is 9.98 Å². The number of benzene rings is 6. The van der Waals surface area contributed by atoms with Crippen molar-refractivity contribution in [2.24, 2.45) is 15.9 Å². The Hall–Kier alpha value is -7.49. The van der Waals surface area contributed by atoms with Crippen molar-refractivity contribution < 1.29 is 0 Å². The summed E-state index contributed by atoms with van der Waals surface area (Å²) in [4.78, 5) is 14.4. The predicted molar refractivity (Wildman–Crippen MR) is 251 cm³/mol. The largest absolute Gasteiger partial charge is 0.264 e. The van der Waals surface area contributed by atoms with Crippen LogP contribution in [0.5, 0.6) is 0 Å². The van der Waals surface area contributed by atoms with Gasteiger partial charge in [0.15, 0.2) is 5.84 Å². The van der Waals surface area contributed by atoms with Crippen LogP contribution in [0.1, 0.15) is 39.3 Å². The van der Waals surface area contributed by atoms with Crippen LogP contribution in [0, 0.1) is 5.92 Å². The van der Waals surface area contributed by atoms with Crippen LogP contribution in [0.25, 0.3) is 62.4 Å². The van der Waals surface area contributed by atoms with Crippen LogP contribution in [0.15, 0.2) is 217 Å². The quantitative estimate of drug-likeness (QED) is 0.101. The van der Waals surface area contributed by atoms with Gasteiger partial charge in [0, 0.05) is 29.8 Å². The second-order valence-corrected chi connectivity index (χ2v) is 14.9. The third-order valence-corrected chi connectivity index (χ3v) is 11.5. The molecule has 7 aromatic rings. The van der Waals surface area contributed by atoms with Crippen LogP contribution in [-0.4, -0.2) is 17.5 Å². The number of hydrogen-bond donors (Lipinski definition) is 0. The highest BCUT2D eigenvalue weighted by Gasteiger charge is 2.31.